The fourth-order valence-corrected chi connectivity index (χ4v) is 2.00. The molecule has 0 aliphatic rings. The number of benzene rings is 1. The van der Waals surface area contributed by atoms with E-state index in [0.717, 1.165) is 12.2 Å². The maximum atomic E-state index is 13.0. The Bertz CT molecular complexity index is 605. The van der Waals surface area contributed by atoms with Crippen molar-refractivity contribution in [1.82, 2.24) is 10.3 Å². The third-order valence-corrected chi connectivity index (χ3v) is 3.06. The molecule has 0 atom stereocenters. The summed E-state index contributed by atoms with van der Waals surface area (Å²) in [6.45, 7) is 5.90. The Kier molecular flexibility index (Phi) is 5.53. The molecule has 0 fully saturated rings. The molecule has 0 saturated carbocycles. The first-order chi connectivity index (χ1) is 10.0. The second-order valence-electron chi connectivity index (χ2n) is 5.18. The Morgan fingerprint density at radius 2 is 2.10 bits per heavy atom. The van der Waals surface area contributed by atoms with Crippen LogP contribution in [-0.4, -0.2) is 11.5 Å². The zero-order chi connectivity index (χ0) is 15.2. The van der Waals surface area contributed by atoms with Crippen molar-refractivity contribution >= 4 is 11.6 Å². The van der Waals surface area contributed by atoms with Crippen LogP contribution in [0.15, 0.2) is 36.5 Å². The lowest BCUT2D eigenvalue weighted by Gasteiger charge is -2.10. The number of halogens is 2. The van der Waals surface area contributed by atoms with Crippen LogP contribution in [0.3, 0.4) is 0 Å². The van der Waals surface area contributed by atoms with Crippen molar-refractivity contribution in [3.63, 3.8) is 0 Å². The second-order valence-corrected chi connectivity index (χ2v) is 5.59. The standard InChI is InChI=1S/C16H18ClFN2O/c1-11(2)9-19-10-13-8-14(5-6-20-13)21-16-4-3-12(18)7-15(16)17/h3-8,11,19H,9-10H2,1-2H3. The number of rotatable bonds is 6. The van der Waals surface area contributed by atoms with Gasteiger partial charge in [0.2, 0.25) is 0 Å². The van der Waals surface area contributed by atoms with Crippen molar-refractivity contribution in [2.45, 2.75) is 20.4 Å². The lowest BCUT2D eigenvalue weighted by atomic mass is 10.2. The van der Waals surface area contributed by atoms with Gasteiger partial charge in [0.25, 0.3) is 0 Å². The van der Waals surface area contributed by atoms with Gasteiger partial charge in [-0.15, -0.1) is 0 Å². The summed E-state index contributed by atoms with van der Waals surface area (Å²) in [7, 11) is 0. The van der Waals surface area contributed by atoms with Gasteiger partial charge in [0, 0.05) is 18.8 Å². The molecule has 0 radical (unpaired) electrons. The Morgan fingerprint density at radius 3 is 2.81 bits per heavy atom. The van der Waals surface area contributed by atoms with Crippen molar-refractivity contribution in [3.8, 4) is 11.5 Å². The summed E-state index contributed by atoms with van der Waals surface area (Å²) in [6, 6.07) is 7.63. The predicted molar refractivity (Wildman–Crippen MR) is 82.3 cm³/mol. The molecule has 21 heavy (non-hydrogen) atoms. The van der Waals surface area contributed by atoms with Crippen LogP contribution in [0.2, 0.25) is 5.02 Å². The number of hydrogen-bond donors (Lipinski definition) is 1. The van der Waals surface area contributed by atoms with E-state index in [4.69, 9.17) is 16.3 Å². The summed E-state index contributed by atoms with van der Waals surface area (Å²) >= 11 is 5.94. The lowest BCUT2D eigenvalue weighted by molar-refractivity contribution is 0.477. The quantitative estimate of drug-likeness (QED) is 0.858. The molecule has 5 heteroatoms. The molecule has 1 aromatic heterocycles. The Morgan fingerprint density at radius 1 is 1.29 bits per heavy atom. The molecule has 0 aliphatic heterocycles. The molecule has 2 aromatic rings. The maximum absolute atomic E-state index is 13.0. The average Bonchev–Trinajstić information content (AvgIpc) is 2.42. The van der Waals surface area contributed by atoms with E-state index >= 15 is 0 Å². The fraction of sp³-hybridized carbons (Fsp3) is 0.312. The lowest BCUT2D eigenvalue weighted by Crippen LogP contribution is -2.19. The van der Waals surface area contributed by atoms with Gasteiger partial charge in [0.15, 0.2) is 0 Å². The van der Waals surface area contributed by atoms with Crippen molar-refractivity contribution < 1.29 is 9.13 Å². The van der Waals surface area contributed by atoms with E-state index in [9.17, 15) is 4.39 Å². The SMILES string of the molecule is CC(C)CNCc1cc(Oc2ccc(F)cc2Cl)ccn1. The maximum Gasteiger partial charge on any atom is 0.146 e. The molecule has 0 spiro atoms. The monoisotopic (exact) mass is 308 g/mol. The third-order valence-electron chi connectivity index (χ3n) is 2.77. The van der Waals surface area contributed by atoms with Gasteiger partial charge in [-0.1, -0.05) is 25.4 Å². The van der Waals surface area contributed by atoms with E-state index in [2.05, 4.69) is 24.1 Å². The third kappa shape index (κ3) is 4.99. The second kappa shape index (κ2) is 7.38. The summed E-state index contributed by atoms with van der Waals surface area (Å²) in [5, 5.41) is 3.56. The zero-order valence-electron chi connectivity index (χ0n) is 12.1. The van der Waals surface area contributed by atoms with Gasteiger partial charge < -0.3 is 10.1 Å². The van der Waals surface area contributed by atoms with E-state index in [1.807, 2.05) is 6.07 Å². The fourth-order valence-electron chi connectivity index (χ4n) is 1.79. The highest BCUT2D eigenvalue weighted by Gasteiger charge is 2.06. The molecule has 3 nitrogen and oxygen atoms in total. The van der Waals surface area contributed by atoms with E-state index in [0.29, 0.717) is 24.0 Å². The summed E-state index contributed by atoms with van der Waals surface area (Å²) in [4.78, 5) is 4.28. The molecule has 112 valence electrons. The van der Waals surface area contributed by atoms with Crippen LogP contribution in [0.1, 0.15) is 19.5 Å². The highest BCUT2D eigenvalue weighted by Crippen LogP contribution is 2.29. The molecule has 0 bridgehead atoms. The van der Waals surface area contributed by atoms with Gasteiger partial charge in [0.1, 0.15) is 17.3 Å². The number of ether oxygens (including phenoxy) is 1. The highest BCUT2D eigenvalue weighted by molar-refractivity contribution is 6.32. The molecule has 2 rings (SSSR count). The molecule has 0 amide bonds. The van der Waals surface area contributed by atoms with Gasteiger partial charge in [-0.3, -0.25) is 4.98 Å². The molecule has 0 unspecified atom stereocenters. The molecular weight excluding hydrogens is 291 g/mol. The van der Waals surface area contributed by atoms with Gasteiger partial charge >= 0.3 is 0 Å². The van der Waals surface area contributed by atoms with Crippen molar-refractivity contribution in [2.75, 3.05) is 6.54 Å². The first-order valence-corrected chi connectivity index (χ1v) is 7.21. The molecule has 1 N–H and O–H groups in total. The van der Waals surface area contributed by atoms with Crippen molar-refractivity contribution in [1.29, 1.82) is 0 Å². The largest absolute Gasteiger partial charge is 0.456 e. The van der Waals surface area contributed by atoms with Gasteiger partial charge in [0.05, 0.1) is 10.7 Å². The summed E-state index contributed by atoms with van der Waals surface area (Å²) in [5.74, 6) is 1.24. The van der Waals surface area contributed by atoms with Crippen LogP contribution in [0.4, 0.5) is 4.39 Å². The van der Waals surface area contributed by atoms with Crippen LogP contribution in [0, 0.1) is 11.7 Å². The topological polar surface area (TPSA) is 34.1 Å². The minimum atomic E-state index is -0.388. The van der Waals surface area contributed by atoms with E-state index in [1.165, 1.54) is 18.2 Å². The first-order valence-electron chi connectivity index (χ1n) is 6.83. The minimum absolute atomic E-state index is 0.242. The van der Waals surface area contributed by atoms with Crippen LogP contribution >= 0.6 is 11.6 Å². The van der Waals surface area contributed by atoms with Crippen LogP contribution < -0.4 is 10.1 Å². The highest BCUT2D eigenvalue weighted by atomic mass is 35.5. The number of nitrogens with one attached hydrogen (secondary N) is 1. The molecule has 1 heterocycles. The Hall–Kier alpha value is -1.65. The van der Waals surface area contributed by atoms with E-state index < -0.39 is 0 Å². The van der Waals surface area contributed by atoms with E-state index in [1.54, 1.807) is 12.3 Å². The van der Waals surface area contributed by atoms with Gasteiger partial charge in [-0.2, -0.15) is 0 Å². The van der Waals surface area contributed by atoms with Gasteiger partial charge in [-0.05, 0) is 36.7 Å². The van der Waals surface area contributed by atoms with Crippen molar-refractivity contribution in [3.05, 3.63) is 53.1 Å². The molecule has 0 aliphatic carbocycles. The summed E-state index contributed by atoms with van der Waals surface area (Å²) in [5.41, 5.74) is 0.881. The minimum Gasteiger partial charge on any atom is -0.456 e. The normalized spacial score (nSPS) is 10.9. The zero-order valence-corrected chi connectivity index (χ0v) is 12.8. The van der Waals surface area contributed by atoms with Crippen LogP contribution in [-0.2, 0) is 6.54 Å². The van der Waals surface area contributed by atoms with E-state index in [-0.39, 0.29) is 10.8 Å². The summed E-state index contributed by atoms with van der Waals surface area (Å²) < 4.78 is 18.7. The van der Waals surface area contributed by atoms with Crippen molar-refractivity contribution in [2.24, 2.45) is 5.92 Å². The number of aromatic nitrogens is 1. The molecule has 1 aromatic carbocycles. The van der Waals surface area contributed by atoms with Gasteiger partial charge in [-0.25, -0.2) is 4.39 Å². The Labute approximate surface area is 129 Å². The average molecular weight is 309 g/mol. The number of pyridine rings is 1. The molecular formula is C16H18ClFN2O. The number of hydrogen-bond acceptors (Lipinski definition) is 3. The van der Waals surface area contributed by atoms with Crippen LogP contribution in [0.25, 0.3) is 0 Å². The Balaban J connectivity index is 2.03. The number of nitrogens with zero attached hydrogens (tertiary/aromatic N) is 1. The molecule has 0 saturated heterocycles. The van der Waals surface area contributed by atoms with Crippen LogP contribution in [0.5, 0.6) is 11.5 Å². The smallest absolute Gasteiger partial charge is 0.146 e. The predicted octanol–water partition coefficient (Wildman–Crippen LogP) is 4.41. The summed E-state index contributed by atoms with van der Waals surface area (Å²) in [6.07, 6.45) is 1.68. The first kappa shape index (κ1) is 15.7.